The second-order valence-electron chi connectivity index (χ2n) is 16.6. The number of carbonyl (C=O) groups is 2. The summed E-state index contributed by atoms with van der Waals surface area (Å²) in [5, 5.41) is 0. The van der Waals surface area contributed by atoms with Crippen LogP contribution in [0, 0.1) is 0 Å². The molecule has 8 nitrogen and oxygen atoms in total. The summed E-state index contributed by atoms with van der Waals surface area (Å²) in [7, 11) is 0. The average Bonchev–Trinajstić information content (AvgIpc) is 3.53. The highest BCUT2D eigenvalue weighted by Crippen LogP contribution is 2.18. The van der Waals surface area contributed by atoms with E-state index in [-0.39, 0.29) is 35.2 Å². The van der Waals surface area contributed by atoms with Crippen LogP contribution in [0.25, 0.3) is 0 Å². The van der Waals surface area contributed by atoms with Gasteiger partial charge in [-0.1, -0.05) is 181 Å². The Morgan fingerprint density at radius 1 is 0.350 bits per heavy atom. The number of ether oxygens (including phenoxy) is 4. The van der Waals surface area contributed by atoms with Gasteiger partial charge in [-0.25, -0.2) is 0 Å². The van der Waals surface area contributed by atoms with Crippen LogP contribution in [0.4, 0.5) is 0 Å². The van der Waals surface area contributed by atoms with Gasteiger partial charge in [0.2, 0.25) is 10.9 Å². The van der Waals surface area contributed by atoms with Crippen molar-refractivity contribution >= 4 is 11.9 Å². The lowest BCUT2D eigenvalue weighted by Crippen LogP contribution is -2.13. The van der Waals surface area contributed by atoms with Gasteiger partial charge >= 0.3 is 11.9 Å². The van der Waals surface area contributed by atoms with Gasteiger partial charge in [0, 0.05) is 12.8 Å². The zero-order chi connectivity index (χ0) is 43.1. The molecule has 0 saturated carbocycles. The Morgan fingerprint density at radius 2 is 0.617 bits per heavy atom. The third-order valence-corrected chi connectivity index (χ3v) is 11.1. The molecule has 0 amide bonds. The van der Waals surface area contributed by atoms with Crippen molar-refractivity contribution in [1.29, 1.82) is 0 Å². The minimum Gasteiger partial charge on any atom is -0.494 e. The summed E-state index contributed by atoms with van der Waals surface area (Å²) in [5.74, 6) is 0.181. The first kappa shape index (κ1) is 52.5. The quantitative estimate of drug-likeness (QED) is 0.0484. The summed E-state index contributed by atoms with van der Waals surface area (Å²) in [6.07, 6.45) is 36.5. The maximum absolute atomic E-state index is 12.5. The van der Waals surface area contributed by atoms with Crippen LogP contribution in [0.15, 0.2) is 58.1 Å². The molecule has 0 spiro atoms. The predicted molar refractivity (Wildman–Crippen MR) is 247 cm³/mol. The van der Waals surface area contributed by atoms with Crippen LogP contribution in [-0.2, 0) is 9.59 Å². The van der Waals surface area contributed by atoms with E-state index in [9.17, 15) is 19.2 Å². The fourth-order valence-corrected chi connectivity index (χ4v) is 7.29. The highest BCUT2D eigenvalue weighted by molar-refractivity contribution is 5.72. The van der Waals surface area contributed by atoms with E-state index < -0.39 is 11.9 Å². The molecule has 0 aromatic heterocycles. The zero-order valence-corrected chi connectivity index (χ0v) is 37.9. The molecule has 2 aromatic rings. The van der Waals surface area contributed by atoms with Gasteiger partial charge in [-0.3, -0.25) is 19.2 Å². The fraction of sp³-hybridized carbons (Fsp3) is 0.692. The number of hydrogen-bond acceptors (Lipinski definition) is 8. The minimum absolute atomic E-state index is 0.0147. The normalized spacial score (nSPS) is 11.0. The van der Waals surface area contributed by atoms with Crippen molar-refractivity contribution in [2.75, 3.05) is 13.2 Å². The SMILES string of the molecule is CCCCCCCCCCCCCCCOc1ccc(OC(=O)CCCCCCC(=O)Oc2ccc(OCCCCCCCCCCCCCCC)ccc2=O)c(=O)cc1. The Labute approximate surface area is 363 Å². The molecule has 0 aliphatic carbocycles. The van der Waals surface area contributed by atoms with Crippen molar-refractivity contribution in [3.63, 3.8) is 0 Å². The Hall–Kier alpha value is -3.68. The first-order chi connectivity index (χ1) is 29.4. The lowest BCUT2D eigenvalue weighted by atomic mass is 10.0. The lowest BCUT2D eigenvalue weighted by Gasteiger charge is -2.05. The standard InChI is InChI=1S/C52H82O8/c1-3-5-7-9-11-13-15-17-19-21-23-27-31-43-57-45-35-39-47(53)49(41-37-45)59-51(55)33-29-25-26-30-34-52(56)60-50-42-38-46(36-40-48(50)54)58-44-32-28-24-22-20-18-16-14-12-10-8-6-4-2/h35-42H,3-34,43-44H2,1-2H3. The number of carbonyl (C=O) groups excluding carboxylic acids is 2. The van der Waals surface area contributed by atoms with Crippen molar-refractivity contribution < 1.29 is 28.5 Å². The third-order valence-electron chi connectivity index (χ3n) is 11.1. The second kappa shape index (κ2) is 37.1. The molecule has 0 bridgehead atoms. The summed E-state index contributed by atoms with van der Waals surface area (Å²) in [6, 6.07) is 12.3. The zero-order valence-electron chi connectivity index (χ0n) is 37.9. The van der Waals surface area contributed by atoms with Gasteiger partial charge in [-0.05, 0) is 74.2 Å². The number of esters is 2. The second-order valence-corrected chi connectivity index (χ2v) is 16.6. The topological polar surface area (TPSA) is 105 Å². The Bertz CT molecular complexity index is 1400. The third kappa shape index (κ3) is 28.7. The molecule has 0 N–H and O–H groups in total. The Morgan fingerprint density at radius 3 is 0.933 bits per heavy atom. The average molecular weight is 835 g/mol. The summed E-state index contributed by atoms with van der Waals surface area (Å²) in [6.45, 7) is 5.69. The van der Waals surface area contributed by atoms with Crippen LogP contribution in [0.1, 0.15) is 219 Å². The van der Waals surface area contributed by atoms with Gasteiger partial charge in [0.15, 0.2) is 11.5 Å². The number of rotatable bonds is 39. The van der Waals surface area contributed by atoms with E-state index in [4.69, 9.17) is 18.9 Å². The van der Waals surface area contributed by atoms with Gasteiger partial charge in [-0.15, -0.1) is 0 Å². The van der Waals surface area contributed by atoms with Gasteiger partial charge in [0.1, 0.15) is 11.5 Å². The molecule has 0 aliphatic heterocycles. The van der Waals surface area contributed by atoms with Crippen molar-refractivity contribution in [3.05, 3.63) is 69.0 Å². The van der Waals surface area contributed by atoms with Gasteiger partial charge < -0.3 is 18.9 Å². The Kier molecular flexibility index (Phi) is 32.4. The summed E-state index contributed by atoms with van der Waals surface area (Å²) in [5.41, 5.74) is -0.751. The van der Waals surface area contributed by atoms with Crippen molar-refractivity contribution in [3.8, 4) is 23.0 Å². The molecule has 60 heavy (non-hydrogen) atoms. The molecule has 0 fully saturated rings. The molecular formula is C52H82O8. The molecule has 0 atom stereocenters. The summed E-state index contributed by atoms with van der Waals surface area (Å²) >= 11 is 0. The maximum Gasteiger partial charge on any atom is 0.311 e. The molecule has 0 radical (unpaired) electrons. The highest BCUT2D eigenvalue weighted by Gasteiger charge is 2.10. The smallest absolute Gasteiger partial charge is 0.311 e. The highest BCUT2D eigenvalue weighted by atomic mass is 16.5. The van der Waals surface area contributed by atoms with E-state index in [1.54, 1.807) is 24.3 Å². The summed E-state index contributed by atoms with van der Waals surface area (Å²) < 4.78 is 22.5. The molecule has 0 unspecified atom stereocenters. The Balaban J connectivity index is 1.51. The lowest BCUT2D eigenvalue weighted by molar-refractivity contribution is -0.135. The number of unbranched alkanes of at least 4 members (excludes halogenated alkanes) is 27. The van der Waals surface area contributed by atoms with Crippen molar-refractivity contribution in [2.45, 2.75) is 219 Å². The van der Waals surface area contributed by atoms with Gasteiger partial charge in [0.05, 0.1) is 13.2 Å². The van der Waals surface area contributed by atoms with Gasteiger partial charge in [-0.2, -0.15) is 0 Å². The van der Waals surface area contributed by atoms with E-state index in [0.29, 0.717) is 50.4 Å². The largest absolute Gasteiger partial charge is 0.494 e. The van der Waals surface area contributed by atoms with Crippen LogP contribution in [0.3, 0.4) is 0 Å². The van der Waals surface area contributed by atoms with Crippen LogP contribution >= 0.6 is 0 Å². The molecule has 0 saturated heterocycles. The van der Waals surface area contributed by atoms with E-state index in [1.165, 1.54) is 166 Å². The monoisotopic (exact) mass is 835 g/mol. The van der Waals surface area contributed by atoms with Gasteiger partial charge in [0.25, 0.3) is 0 Å². The van der Waals surface area contributed by atoms with Crippen LogP contribution in [0.5, 0.6) is 23.0 Å². The maximum atomic E-state index is 12.5. The number of hydrogen-bond donors (Lipinski definition) is 0. The fourth-order valence-electron chi connectivity index (χ4n) is 7.29. The van der Waals surface area contributed by atoms with Crippen LogP contribution in [-0.4, -0.2) is 25.2 Å². The van der Waals surface area contributed by atoms with Crippen LogP contribution < -0.4 is 29.8 Å². The minimum atomic E-state index is -0.472. The van der Waals surface area contributed by atoms with E-state index in [2.05, 4.69) is 13.8 Å². The molecule has 2 aromatic carbocycles. The van der Waals surface area contributed by atoms with Crippen molar-refractivity contribution in [1.82, 2.24) is 0 Å². The first-order valence-electron chi connectivity index (χ1n) is 24.4. The van der Waals surface area contributed by atoms with E-state index in [0.717, 1.165) is 25.7 Å². The van der Waals surface area contributed by atoms with E-state index >= 15 is 0 Å². The molecular weight excluding hydrogens is 753 g/mol. The molecule has 0 aliphatic rings. The summed E-state index contributed by atoms with van der Waals surface area (Å²) in [4.78, 5) is 49.9. The first-order valence-corrected chi connectivity index (χ1v) is 24.4. The molecule has 2 rings (SSSR count). The molecule has 0 heterocycles. The predicted octanol–water partition coefficient (Wildman–Crippen LogP) is 14.2. The van der Waals surface area contributed by atoms with Crippen molar-refractivity contribution in [2.24, 2.45) is 0 Å². The molecule has 8 heteroatoms. The van der Waals surface area contributed by atoms with E-state index in [1.807, 2.05) is 0 Å². The molecule has 338 valence electrons. The van der Waals surface area contributed by atoms with Crippen LogP contribution in [0.2, 0.25) is 0 Å².